The first-order chi connectivity index (χ1) is 4.23. The molecule has 0 aromatic heterocycles. The second-order valence-electron chi connectivity index (χ2n) is 2.91. The van der Waals surface area contributed by atoms with Gasteiger partial charge >= 0.3 is 0 Å². The molecule has 54 valence electrons. The number of epoxide rings is 1. The van der Waals surface area contributed by atoms with Crippen LogP contribution in [0.3, 0.4) is 0 Å². The van der Waals surface area contributed by atoms with E-state index in [1.807, 2.05) is 0 Å². The van der Waals surface area contributed by atoms with E-state index in [4.69, 9.17) is 10.5 Å². The summed E-state index contributed by atoms with van der Waals surface area (Å²) in [6, 6.07) is 0. The van der Waals surface area contributed by atoms with Gasteiger partial charge in [-0.1, -0.05) is 13.3 Å². The van der Waals surface area contributed by atoms with Gasteiger partial charge in [-0.15, -0.1) is 0 Å². The van der Waals surface area contributed by atoms with Gasteiger partial charge in [0.15, 0.2) is 0 Å². The van der Waals surface area contributed by atoms with Crippen molar-refractivity contribution in [1.29, 1.82) is 0 Å². The van der Waals surface area contributed by atoms with E-state index in [9.17, 15) is 0 Å². The maximum absolute atomic E-state index is 5.46. The van der Waals surface area contributed by atoms with Crippen LogP contribution in [0.5, 0.6) is 0 Å². The standard InChI is InChI=1S/C7H15NO/c1-3-4-6-7(2,5-8)9-6/h6H,3-5,8H2,1-2H3/t6-,7-/m0/s1. The van der Waals surface area contributed by atoms with E-state index in [0.29, 0.717) is 12.6 Å². The van der Waals surface area contributed by atoms with Crippen LogP contribution in [0, 0.1) is 0 Å². The third-order valence-electron chi connectivity index (χ3n) is 1.99. The summed E-state index contributed by atoms with van der Waals surface area (Å²) in [5.74, 6) is 0. The van der Waals surface area contributed by atoms with Crippen molar-refractivity contribution in [3.05, 3.63) is 0 Å². The van der Waals surface area contributed by atoms with Gasteiger partial charge in [0, 0.05) is 6.54 Å². The molecule has 2 heteroatoms. The molecular weight excluding hydrogens is 114 g/mol. The average molecular weight is 129 g/mol. The predicted octanol–water partition coefficient (Wildman–Crippen LogP) is 0.903. The summed E-state index contributed by atoms with van der Waals surface area (Å²) >= 11 is 0. The Kier molecular flexibility index (Phi) is 1.78. The molecule has 0 aliphatic carbocycles. The highest BCUT2D eigenvalue weighted by Crippen LogP contribution is 2.37. The maximum Gasteiger partial charge on any atom is 0.104 e. The molecule has 0 saturated carbocycles. The molecule has 0 spiro atoms. The minimum Gasteiger partial charge on any atom is -0.365 e. The summed E-state index contributed by atoms with van der Waals surface area (Å²) in [5.41, 5.74) is 5.50. The summed E-state index contributed by atoms with van der Waals surface area (Å²) in [5, 5.41) is 0. The third-order valence-corrected chi connectivity index (χ3v) is 1.99. The Morgan fingerprint density at radius 1 is 1.67 bits per heavy atom. The predicted molar refractivity (Wildman–Crippen MR) is 37.2 cm³/mol. The first-order valence-electron chi connectivity index (χ1n) is 3.61. The second-order valence-corrected chi connectivity index (χ2v) is 2.91. The third kappa shape index (κ3) is 1.25. The van der Waals surface area contributed by atoms with Crippen molar-refractivity contribution in [3.8, 4) is 0 Å². The van der Waals surface area contributed by atoms with E-state index in [0.717, 1.165) is 6.42 Å². The Morgan fingerprint density at radius 2 is 2.33 bits per heavy atom. The molecule has 0 unspecified atom stereocenters. The monoisotopic (exact) mass is 129 g/mol. The summed E-state index contributed by atoms with van der Waals surface area (Å²) in [6.07, 6.45) is 2.81. The molecule has 0 aromatic rings. The van der Waals surface area contributed by atoms with Crippen molar-refractivity contribution < 1.29 is 4.74 Å². The number of rotatable bonds is 3. The lowest BCUT2D eigenvalue weighted by Gasteiger charge is -1.97. The number of ether oxygens (including phenoxy) is 1. The van der Waals surface area contributed by atoms with Crippen molar-refractivity contribution in [1.82, 2.24) is 0 Å². The Bertz CT molecular complexity index is 103. The lowest BCUT2D eigenvalue weighted by molar-refractivity contribution is 0.309. The molecule has 2 atom stereocenters. The maximum atomic E-state index is 5.46. The van der Waals surface area contributed by atoms with Crippen molar-refractivity contribution in [2.45, 2.75) is 38.4 Å². The Labute approximate surface area is 56.4 Å². The van der Waals surface area contributed by atoms with Crippen LogP contribution in [-0.2, 0) is 4.74 Å². The van der Waals surface area contributed by atoms with Crippen molar-refractivity contribution in [3.63, 3.8) is 0 Å². The van der Waals surface area contributed by atoms with Gasteiger partial charge in [0.25, 0.3) is 0 Å². The molecule has 1 aliphatic heterocycles. The van der Waals surface area contributed by atoms with E-state index in [-0.39, 0.29) is 5.60 Å². The highest BCUT2D eigenvalue weighted by molar-refractivity contribution is 4.99. The lowest BCUT2D eigenvalue weighted by atomic mass is 10.1. The zero-order valence-corrected chi connectivity index (χ0v) is 6.18. The van der Waals surface area contributed by atoms with Crippen LogP contribution in [0.4, 0.5) is 0 Å². The number of hydrogen-bond donors (Lipinski definition) is 1. The minimum absolute atomic E-state index is 0.0377. The smallest absolute Gasteiger partial charge is 0.104 e. The van der Waals surface area contributed by atoms with Crippen molar-refractivity contribution in [2.75, 3.05) is 6.54 Å². The van der Waals surface area contributed by atoms with Crippen LogP contribution >= 0.6 is 0 Å². The first-order valence-corrected chi connectivity index (χ1v) is 3.61. The fourth-order valence-corrected chi connectivity index (χ4v) is 1.10. The molecule has 1 fully saturated rings. The summed E-state index contributed by atoms with van der Waals surface area (Å²) in [4.78, 5) is 0. The molecule has 9 heavy (non-hydrogen) atoms. The van der Waals surface area contributed by atoms with Crippen molar-refractivity contribution in [2.24, 2.45) is 5.73 Å². The fraction of sp³-hybridized carbons (Fsp3) is 1.00. The minimum atomic E-state index is 0.0377. The van der Waals surface area contributed by atoms with E-state index in [1.54, 1.807) is 0 Å². The van der Waals surface area contributed by atoms with Gasteiger partial charge in [0.05, 0.1) is 6.10 Å². The molecule has 0 aromatic carbocycles. The van der Waals surface area contributed by atoms with E-state index in [2.05, 4.69) is 13.8 Å². The van der Waals surface area contributed by atoms with Gasteiger partial charge in [-0.3, -0.25) is 0 Å². The quantitative estimate of drug-likeness (QED) is 0.575. The molecular formula is C7H15NO. The Balaban J connectivity index is 2.22. The molecule has 1 heterocycles. The number of hydrogen-bond acceptors (Lipinski definition) is 2. The van der Waals surface area contributed by atoms with Gasteiger partial charge in [0.2, 0.25) is 0 Å². The van der Waals surface area contributed by atoms with Gasteiger partial charge in [0.1, 0.15) is 5.60 Å². The molecule has 0 amide bonds. The highest BCUT2D eigenvalue weighted by atomic mass is 16.6. The average Bonchev–Trinajstić information content (AvgIpc) is 2.46. The Hall–Kier alpha value is -0.0800. The molecule has 1 aliphatic rings. The van der Waals surface area contributed by atoms with Gasteiger partial charge in [-0.25, -0.2) is 0 Å². The summed E-state index contributed by atoms with van der Waals surface area (Å²) < 4.78 is 5.37. The first kappa shape index (κ1) is 7.03. The van der Waals surface area contributed by atoms with Gasteiger partial charge < -0.3 is 10.5 Å². The van der Waals surface area contributed by atoms with Gasteiger partial charge in [-0.05, 0) is 13.3 Å². The summed E-state index contributed by atoms with van der Waals surface area (Å²) in [7, 11) is 0. The molecule has 2 N–H and O–H groups in total. The molecule has 1 saturated heterocycles. The van der Waals surface area contributed by atoms with Crippen molar-refractivity contribution >= 4 is 0 Å². The van der Waals surface area contributed by atoms with Gasteiger partial charge in [-0.2, -0.15) is 0 Å². The topological polar surface area (TPSA) is 38.5 Å². The largest absolute Gasteiger partial charge is 0.365 e. The highest BCUT2D eigenvalue weighted by Gasteiger charge is 2.49. The fourth-order valence-electron chi connectivity index (χ4n) is 1.10. The second kappa shape index (κ2) is 2.27. The summed E-state index contributed by atoms with van der Waals surface area (Å²) in [6.45, 7) is 4.91. The van der Waals surface area contributed by atoms with Crippen LogP contribution in [0.25, 0.3) is 0 Å². The SMILES string of the molecule is CCC[C@@H]1O[C@@]1(C)CN. The molecule has 0 bridgehead atoms. The molecule has 0 radical (unpaired) electrons. The lowest BCUT2D eigenvalue weighted by Crippen LogP contribution is -2.22. The van der Waals surface area contributed by atoms with Crippen LogP contribution in [0.1, 0.15) is 26.7 Å². The van der Waals surface area contributed by atoms with E-state index >= 15 is 0 Å². The number of nitrogens with two attached hydrogens (primary N) is 1. The zero-order chi connectivity index (χ0) is 6.91. The normalized spacial score (nSPS) is 41.0. The van der Waals surface area contributed by atoms with Crippen LogP contribution in [-0.4, -0.2) is 18.2 Å². The molecule has 1 rings (SSSR count). The van der Waals surface area contributed by atoms with E-state index in [1.165, 1.54) is 6.42 Å². The molecule has 2 nitrogen and oxygen atoms in total. The van der Waals surface area contributed by atoms with E-state index < -0.39 is 0 Å². The van der Waals surface area contributed by atoms with Crippen LogP contribution in [0.15, 0.2) is 0 Å². The van der Waals surface area contributed by atoms with Crippen LogP contribution in [0.2, 0.25) is 0 Å². The Morgan fingerprint density at radius 3 is 2.67 bits per heavy atom. The zero-order valence-electron chi connectivity index (χ0n) is 6.18. The van der Waals surface area contributed by atoms with Crippen LogP contribution < -0.4 is 5.73 Å².